The lowest BCUT2D eigenvalue weighted by Gasteiger charge is -2.02. The molecule has 0 saturated carbocycles. The highest BCUT2D eigenvalue weighted by molar-refractivity contribution is 7.96. The van der Waals surface area contributed by atoms with Gasteiger partial charge < -0.3 is 10.6 Å². The van der Waals surface area contributed by atoms with Crippen molar-refractivity contribution in [3.63, 3.8) is 0 Å². The summed E-state index contributed by atoms with van der Waals surface area (Å²) < 4.78 is 2.86. The van der Waals surface area contributed by atoms with Crippen molar-refractivity contribution in [3.8, 4) is 0 Å². The number of carbonyl (C=O) groups excluding carboxylic acids is 1. The first-order valence-corrected chi connectivity index (χ1v) is 3.75. The molecule has 0 heterocycles. The second-order valence-corrected chi connectivity index (χ2v) is 1.98. The Hall–Kier alpha value is -0.420. The van der Waals surface area contributed by atoms with E-state index in [1.165, 1.54) is 11.9 Å². The van der Waals surface area contributed by atoms with Crippen LogP contribution in [-0.4, -0.2) is 26.0 Å². The second kappa shape index (κ2) is 5.71. The molecule has 0 rings (SSSR count). The molecular formula is C4H11N3OS. The van der Waals surface area contributed by atoms with E-state index >= 15 is 0 Å². The van der Waals surface area contributed by atoms with Gasteiger partial charge in [0.25, 0.3) is 0 Å². The standard InChI is InChI=1S/C4H11N3OS/c1-5-4(8)6-3-7-9-2/h7H,3H2,1-2H3,(H2,5,6,8). The quantitative estimate of drug-likeness (QED) is 0.294. The summed E-state index contributed by atoms with van der Waals surface area (Å²) in [6, 6.07) is -0.170. The van der Waals surface area contributed by atoms with E-state index in [1.54, 1.807) is 7.05 Å². The topological polar surface area (TPSA) is 53.2 Å². The molecule has 5 heteroatoms. The minimum absolute atomic E-state index is 0.170. The van der Waals surface area contributed by atoms with E-state index in [0.717, 1.165) is 0 Å². The SMILES string of the molecule is CNC(=O)NCNSC. The Morgan fingerprint density at radius 3 is 2.78 bits per heavy atom. The summed E-state index contributed by atoms with van der Waals surface area (Å²) in [4.78, 5) is 10.4. The van der Waals surface area contributed by atoms with Crippen molar-refractivity contribution in [2.75, 3.05) is 20.0 Å². The van der Waals surface area contributed by atoms with E-state index in [9.17, 15) is 4.79 Å². The Balaban J connectivity index is 2.97. The number of nitrogens with one attached hydrogen (secondary N) is 3. The number of carbonyl (C=O) groups is 1. The summed E-state index contributed by atoms with van der Waals surface area (Å²) in [6.45, 7) is 0.487. The molecule has 0 fully saturated rings. The Morgan fingerprint density at radius 1 is 1.67 bits per heavy atom. The average molecular weight is 149 g/mol. The summed E-state index contributed by atoms with van der Waals surface area (Å²) in [5.74, 6) is 0. The maximum atomic E-state index is 10.4. The second-order valence-electron chi connectivity index (χ2n) is 1.28. The lowest BCUT2D eigenvalue weighted by molar-refractivity contribution is 0.243. The van der Waals surface area contributed by atoms with Crippen LogP contribution in [0, 0.1) is 0 Å². The van der Waals surface area contributed by atoms with Gasteiger partial charge in [0.1, 0.15) is 0 Å². The molecule has 0 aliphatic rings. The largest absolute Gasteiger partial charge is 0.341 e. The van der Waals surface area contributed by atoms with Crippen LogP contribution in [0.5, 0.6) is 0 Å². The summed E-state index contributed by atoms with van der Waals surface area (Å²) in [5.41, 5.74) is 0. The third-order valence-corrected chi connectivity index (χ3v) is 1.13. The van der Waals surface area contributed by atoms with Gasteiger partial charge in [-0.15, -0.1) is 0 Å². The molecule has 0 saturated heterocycles. The van der Waals surface area contributed by atoms with Gasteiger partial charge in [-0.3, -0.25) is 0 Å². The first-order chi connectivity index (χ1) is 4.31. The van der Waals surface area contributed by atoms with E-state index in [0.29, 0.717) is 6.67 Å². The highest BCUT2D eigenvalue weighted by Gasteiger charge is 1.90. The van der Waals surface area contributed by atoms with Crippen LogP contribution >= 0.6 is 11.9 Å². The molecule has 3 N–H and O–H groups in total. The molecule has 0 radical (unpaired) electrons. The van der Waals surface area contributed by atoms with Gasteiger partial charge in [0.2, 0.25) is 0 Å². The maximum Gasteiger partial charge on any atom is 0.315 e. The third-order valence-electron chi connectivity index (χ3n) is 0.693. The van der Waals surface area contributed by atoms with E-state index < -0.39 is 0 Å². The molecule has 0 aromatic carbocycles. The number of urea groups is 1. The molecule has 0 spiro atoms. The predicted octanol–water partition coefficient (Wildman–Crippen LogP) is -0.260. The van der Waals surface area contributed by atoms with Crippen molar-refractivity contribution in [3.05, 3.63) is 0 Å². The van der Waals surface area contributed by atoms with Gasteiger partial charge in [-0.25, -0.2) is 9.52 Å². The molecule has 0 aromatic heterocycles. The van der Waals surface area contributed by atoms with Crippen LogP contribution < -0.4 is 15.4 Å². The molecule has 0 unspecified atom stereocenters. The zero-order chi connectivity index (χ0) is 7.11. The zero-order valence-corrected chi connectivity index (χ0v) is 6.34. The molecule has 0 aliphatic heterocycles. The van der Waals surface area contributed by atoms with Gasteiger partial charge in [-0.05, 0) is 6.26 Å². The van der Waals surface area contributed by atoms with Gasteiger partial charge in [0.05, 0.1) is 6.67 Å². The fraction of sp³-hybridized carbons (Fsp3) is 0.750. The Bertz CT molecular complexity index is 87.9. The number of hydrogen-bond acceptors (Lipinski definition) is 3. The van der Waals surface area contributed by atoms with Gasteiger partial charge >= 0.3 is 6.03 Å². The van der Waals surface area contributed by atoms with Crippen LogP contribution in [0.2, 0.25) is 0 Å². The highest BCUT2D eigenvalue weighted by atomic mass is 32.2. The minimum atomic E-state index is -0.170. The molecule has 4 nitrogen and oxygen atoms in total. The fourth-order valence-electron chi connectivity index (χ4n) is 0.277. The summed E-state index contributed by atoms with van der Waals surface area (Å²) in [5, 5.41) is 4.98. The normalized spacial score (nSPS) is 8.67. The molecular weight excluding hydrogens is 138 g/mol. The number of hydrogen-bond donors (Lipinski definition) is 3. The monoisotopic (exact) mass is 149 g/mol. The first kappa shape index (κ1) is 8.58. The van der Waals surface area contributed by atoms with Crippen LogP contribution in [0.1, 0.15) is 0 Å². The molecule has 2 amide bonds. The molecule has 9 heavy (non-hydrogen) atoms. The lowest BCUT2D eigenvalue weighted by atomic mass is 10.9. The van der Waals surface area contributed by atoms with Crippen LogP contribution in [0.15, 0.2) is 0 Å². The fourth-order valence-corrected chi connectivity index (χ4v) is 0.493. The number of rotatable bonds is 3. The van der Waals surface area contributed by atoms with Gasteiger partial charge in [0, 0.05) is 7.05 Å². The van der Waals surface area contributed by atoms with Crippen molar-refractivity contribution in [1.29, 1.82) is 0 Å². The zero-order valence-electron chi connectivity index (χ0n) is 5.52. The van der Waals surface area contributed by atoms with Crippen molar-refractivity contribution in [2.45, 2.75) is 0 Å². The minimum Gasteiger partial charge on any atom is -0.341 e. The van der Waals surface area contributed by atoms with Crippen molar-refractivity contribution < 1.29 is 4.79 Å². The third kappa shape index (κ3) is 5.45. The van der Waals surface area contributed by atoms with E-state index in [2.05, 4.69) is 15.4 Å². The predicted molar refractivity (Wildman–Crippen MR) is 39.1 cm³/mol. The Kier molecular flexibility index (Phi) is 5.45. The van der Waals surface area contributed by atoms with Gasteiger partial charge in [-0.2, -0.15) is 0 Å². The summed E-state index contributed by atoms with van der Waals surface area (Å²) in [7, 11) is 1.58. The maximum absolute atomic E-state index is 10.4. The Labute approximate surface area is 58.9 Å². The van der Waals surface area contributed by atoms with Gasteiger partial charge in [-0.1, -0.05) is 11.9 Å². The molecule has 0 bridgehead atoms. The van der Waals surface area contributed by atoms with E-state index in [-0.39, 0.29) is 6.03 Å². The molecule has 0 aliphatic carbocycles. The van der Waals surface area contributed by atoms with Gasteiger partial charge in [0.15, 0.2) is 0 Å². The van der Waals surface area contributed by atoms with Crippen LogP contribution in [0.3, 0.4) is 0 Å². The van der Waals surface area contributed by atoms with E-state index in [4.69, 9.17) is 0 Å². The van der Waals surface area contributed by atoms with Crippen molar-refractivity contribution in [1.82, 2.24) is 15.4 Å². The summed E-state index contributed by atoms with van der Waals surface area (Å²) in [6.07, 6.45) is 1.89. The van der Waals surface area contributed by atoms with Crippen molar-refractivity contribution in [2.24, 2.45) is 0 Å². The number of amides is 2. The van der Waals surface area contributed by atoms with Crippen molar-refractivity contribution >= 4 is 18.0 Å². The molecule has 0 aromatic rings. The lowest BCUT2D eigenvalue weighted by Crippen LogP contribution is -2.37. The van der Waals surface area contributed by atoms with Crippen LogP contribution in [0.4, 0.5) is 4.79 Å². The first-order valence-electron chi connectivity index (χ1n) is 2.52. The highest BCUT2D eigenvalue weighted by Crippen LogP contribution is 1.75. The average Bonchev–Trinajstić information content (AvgIpc) is 1.89. The smallest absolute Gasteiger partial charge is 0.315 e. The Morgan fingerprint density at radius 2 is 2.33 bits per heavy atom. The molecule has 0 atom stereocenters. The van der Waals surface area contributed by atoms with Crippen LogP contribution in [-0.2, 0) is 0 Å². The van der Waals surface area contributed by atoms with Crippen LogP contribution in [0.25, 0.3) is 0 Å². The van der Waals surface area contributed by atoms with E-state index in [1.807, 2.05) is 6.26 Å². The molecule has 54 valence electrons. The summed E-state index contributed by atoms with van der Waals surface area (Å²) >= 11 is 1.46.